The summed E-state index contributed by atoms with van der Waals surface area (Å²) in [4.78, 5) is 12.8. The Balaban J connectivity index is 2.28. The lowest BCUT2D eigenvalue weighted by Crippen LogP contribution is -2.15. The molecule has 0 amide bonds. The Labute approximate surface area is 123 Å². The zero-order valence-electron chi connectivity index (χ0n) is 12.1. The van der Waals surface area contributed by atoms with Crippen molar-refractivity contribution in [1.29, 1.82) is 0 Å². The average Bonchev–Trinajstić information content (AvgIpc) is 2.51. The van der Waals surface area contributed by atoms with Gasteiger partial charge >= 0.3 is 0 Å². The van der Waals surface area contributed by atoms with E-state index in [1.807, 2.05) is 68.6 Å². The molecule has 0 radical (unpaired) electrons. The van der Waals surface area contributed by atoms with Crippen molar-refractivity contribution in [1.82, 2.24) is 9.78 Å². The molecule has 0 unspecified atom stereocenters. The zero-order chi connectivity index (χ0) is 14.8. The maximum Gasteiger partial charge on any atom is 0.215 e. The molecule has 0 bridgehead atoms. The minimum Gasteiger partial charge on any atom is -0.287 e. The lowest BCUT2D eigenvalue weighted by atomic mass is 10.0. The lowest BCUT2D eigenvalue weighted by Gasteiger charge is -2.09. The molecule has 0 saturated heterocycles. The molecule has 1 aromatic heterocycles. The zero-order valence-corrected chi connectivity index (χ0v) is 12.1. The van der Waals surface area contributed by atoms with Gasteiger partial charge in [-0.1, -0.05) is 54.6 Å². The fourth-order valence-electron chi connectivity index (χ4n) is 2.46. The maximum absolute atomic E-state index is 12.8. The number of aromatic nitrogens is 2. The third-order valence-corrected chi connectivity index (χ3v) is 3.52. The van der Waals surface area contributed by atoms with E-state index in [1.54, 1.807) is 10.9 Å². The lowest BCUT2D eigenvalue weighted by molar-refractivity contribution is 0.741. The van der Waals surface area contributed by atoms with E-state index in [4.69, 9.17) is 0 Å². The highest BCUT2D eigenvalue weighted by atomic mass is 16.1. The normalized spacial score (nSPS) is 10.6. The molecule has 0 atom stereocenters. The minimum atomic E-state index is -0.0337. The molecule has 3 rings (SSSR count). The fourth-order valence-corrected chi connectivity index (χ4v) is 2.46. The van der Waals surface area contributed by atoms with Crippen molar-refractivity contribution in [2.75, 3.05) is 0 Å². The van der Waals surface area contributed by atoms with E-state index in [1.165, 1.54) is 0 Å². The van der Waals surface area contributed by atoms with Gasteiger partial charge in [0.1, 0.15) is 5.69 Å². The molecular weight excluding hydrogens is 260 g/mol. The van der Waals surface area contributed by atoms with E-state index < -0.39 is 0 Å². The van der Waals surface area contributed by atoms with Crippen molar-refractivity contribution in [3.05, 3.63) is 76.6 Å². The van der Waals surface area contributed by atoms with Crippen molar-refractivity contribution in [3.63, 3.8) is 0 Å². The first-order valence-corrected chi connectivity index (χ1v) is 6.86. The highest BCUT2D eigenvalue weighted by Crippen LogP contribution is 2.21. The van der Waals surface area contributed by atoms with Crippen LogP contribution in [0.15, 0.2) is 65.6 Å². The van der Waals surface area contributed by atoms with Crippen molar-refractivity contribution in [2.24, 2.45) is 7.05 Å². The van der Waals surface area contributed by atoms with Crippen molar-refractivity contribution >= 4 is 0 Å². The van der Waals surface area contributed by atoms with Gasteiger partial charge in [-0.15, -0.1) is 0 Å². The standard InChI is InChI=1S/C18H16N2O/c1-13-8-6-7-11-15(13)16-12-20(2)19-17(18(16)21)14-9-4-3-5-10-14/h3-12H,1-2H3. The van der Waals surface area contributed by atoms with Gasteiger partial charge in [-0.25, -0.2) is 0 Å². The molecule has 0 aliphatic carbocycles. The smallest absolute Gasteiger partial charge is 0.215 e. The summed E-state index contributed by atoms with van der Waals surface area (Å²) >= 11 is 0. The van der Waals surface area contributed by atoms with Crippen LogP contribution in [0.25, 0.3) is 22.4 Å². The van der Waals surface area contributed by atoms with Gasteiger partial charge in [-0.05, 0) is 18.1 Å². The predicted molar refractivity (Wildman–Crippen MR) is 85.1 cm³/mol. The summed E-state index contributed by atoms with van der Waals surface area (Å²) in [6.07, 6.45) is 1.79. The van der Waals surface area contributed by atoms with Gasteiger partial charge in [0.05, 0.1) is 0 Å². The topological polar surface area (TPSA) is 34.9 Å². The molecule has 2 aromatic carbocycles. The van der Waals surface area contributed by atoms with Crippen LogP contribution in [0.1, 0.15) is 5.56 Å². The van der Waals surface area contributed by atoms with Gasteiger partial charge in [0, 0.05) is 24.4 Å². The Bertz CT molecular complexity index is 835. The molecule has 3 nitrogen and oxygen atoms in total. The van der Waals surface area contributed by atoms with E-state index in [2.05, 4.69) is 5.10 Å². The number of benzene rings is 2. The first-order valence-electron chi connectivity index (χ1n) is 6.86. The summed E-state index contributed by atoms with van der Waals surface area (Å²) in [5.41, 5.74) is 4.02. The average molecular weight is 276 g/mol. The van der Waals surface area contributed by atoms with E-state index in [0.717, 1.165) is 16.7 Å². The molecule has 3 aromatic rings. The summed E-state index contributed by atoms with van der Waals surface area (Å²) in [5, 5.41) is 4.36. The minimum absolute atomic E-state index is 0.0337. The highest BCUT2D eigenvalue weighted by molar-refractivity contribution is 5.71. The van der Waals surface area contributed by atoms with Crippen LogP contribution >= 0.6 is 0 Å². The van der Waals surface area contributed by atoms with Crippen LogP contribution in [0.3, 0.4) is 0 Å². The van der Waals surface area contributed by atoms with Crippen molar-refractivity contribution in [2.45, 2.75) is 6.92 Å². The monoisotopic (exact) mass is 276 g/mol. The molecule has 0 spiro atoms. The Morgan fingerprint density at radius 1 is 0.905 bits per heavy atom. The third kappa shape index (κ3) is 2.50. The van der Waals surface area contributed by atoms with Gasteiger partial charge in [0.25, 0.3) is 0 Å². The van der Waals surface area contributed by atoms with Gasteiger partial charge in [0.2, 0.25) is 5.43 Å². The van der Waals surface area contributed by atoms with E-state index >= 15 is 0 Å². The van der Waals surface area contributed by atoms with Gasteiger partial charge in [-0.3, -0.25) is 9.48 Å². The molecular formula is C18H16N2O. The summed E-state index contributed by atoms with van der Waals surface area (Å²) in [5.74, 6) is 0. The quantitative estimate of drug-likeness (QED) is 0.719. The van der Waals surface area contributed by atoms with Gasteiger partial charge in [-0.2, -0.15) is 5.10 Å². The van der Waals surface area contributed by atoms with E-state index in [-0.39, 0.29) is 5.43 Å². The van der Waals surface area contributed by atoms with E-state index in [0.29, 0.717) is 11.3 Å². The summed E-state index contributed by atoms with van der Waals surface area (Å²) in [6.45, 7) is 2.01. The molecule has 3 heteroatoms. The predicted octanol–water partition coefficient (Wildman–Crippen LogP) is 3.42. The Morgan fingerprint density at radius 2 is 1.57 bits per heavy atom. The third-order valence-electron chi connectivity index (χ3n) is 3.52. The number of aryl methyl sites for hydroxylation is 2. The van der Waals surface area contributed by atoms with Crippen LogP contribution in [0.5, 0.6) is 0 Å². The second-order valence-corrected chi connectivity index (χ2v) is 5.08. The molecule has 0 fully saturated rings. The first kappa shape index (κ1) is 13.3. The molecule has 1 heterocycles. The highest BCUT2D eigenvalue weighted by Gasteiger charge is 2.13. The van der Waals surface area contributed by atoms with Crippen LogP contribution in [-0.4, -0.2) is 9.78 Å². The Kier molecular flexibility index (Phi) is 3.40. The number of hydrogen-bond acceptors (Lipinski definition) is 2. The SMILES string of the molecule is Cc1ccccc1-c1cn(C)nc(-c2ccccc2)c1=O. The van der Waals surface area contributed by atoms with Crippen molar-refractivity contribution in [3.8, 4) is 22.4 Å². The second kappa shape index (κ2) is 5.37. The summed E-state index contributed by atoms with van der Waals surface area (Å²) < 4.78 is 1.70. The van der Waals surface area contributed by atoms with Crippen LogP contribution < -0.4 is 5.43 Å². The number of hydrogen-bond donors (Lipinski definition) is 0. The number of nitrogens with zero attached hydrogens (tertiary/aromatic N) is 2. The molecule has 0 aliphatic heterocycles. The Morgan fingerprint density at radius 3 is 2.29 bits per heavy atom. The van der Waals surface area contributed by atoms with E-state index in [9.17, 15) is 4.79 Å². The second-order valence-electron chi connectivity index (χ2n) is 5.08. The number of rotatable bonds is 2. The molecule has 21 heavy (non-hydrogen) atoms. The van der Waals surface area contributed by atoms with Gasteiger partial charge < -0.3 is 0 Å². The van der Waals surface area contributed by atoms with Crippen LogP contribution in [-0.2, 0) is 7.05 Å². The molecule has 104 valence electrons. The van der Waals surface area contributed by atoms with Crippen molar-refractivity contribution < 1.29 is 0 Å². The van der Waals surface area contributed by atoms with Crippen LogP contribution in [0.4, 0.5) is 0 Å². The van der Waals surface area contributed by atoms with Gasteiger partial charge in [0.15, 0.2) is 0 Å². The largest absolute Gasteiger partial charge is 0.287 e. The molecule has 0 saturated carbocycles. The summed E-state index contributed by atoms with van der Waals surface area (Å²) in [7, 11) is 1.84. The maximum atomic E-state index is 12.8. The Hall–Kier alpha value is -2.68. The first-order chi connectivity index (χ1) is 10.2. The fraction of sp³-hybridized carbons (Fsp3) is 0.111. The summed E-state index contributed by atoms with van der Waals surface area (Å²) in [6, 6.07) is 17.5. The van der Waals surface area contributed by atoms with Crippen LogP contribution in [0.2, 0.25) is 0 Å². The molecule has 0 N–H and O–H groups in total. The van der Waals surface area contributed by atoms with Crippen LogP contribution in [0, 0.1) is 6.92 Å². The molecule has 0 aliphatic rings.